The molecule has 0 spiro atoms. The van der Waals surface area contributed by atoms with Crippen molar-refractivity contribution in [1.82, 2.24) is 4.90 Å². The van der Waals surface area contributed by atoms with Crippen LogP contribution in [0.4, 0.5) is 0 Å². The van der Waals surface area contributed by atoms with Gasteiger partial charge in [0.1, 0.15) is 0 Å². The smallest absolute Gasteiger partial charge is 0.0700 e. The molecule has 1 aliphatic heterocycles. The summed E-state index contributed by atoms with van der Waals surface area (Å²) in [4.78, 5) is 2.57. The summed E-state index contributed by atoms with van der Waals surface area (Å²) in [7, 11) is 0. The van der Waals surface area contributed by atoms with Crippen molar-refractivity contribution in [3.05, 3.63) is 0 Å². The van der Waals surface area contributed by atoms with Crippen LogP contribution in [0.3, 0.4) is 0 Å². The normalized spacial score (nSPS) is 23.2. The van der Waals surface area contributed by atoms with Gasteiger partial charge in [-0.05, 0) is 44.7 Å². The molecule has 108 valence electrons. The highest BCUT2D eigenvalue weighted by Crippen LogP contribution is 2.18. The summed E-state index contributed by atoms with van der Waals surface area (Å²) >= 11 is 0. The fraction of sp³-hybridized carbons (Fsp3) is 1.00. The molecule has 1 heterocycles. The number of rotatable bonds is 9. The van der Waals surface area contributed by atoms with E-state index in [2.05, 4.69) is 18.7 Å². The molecule has 2 atom stereocenters. The van der Waals surface area contributed by atoms with E-state index in [0.717, 1.165) is 38.6 Å². The lowest BCUT2D eigenvalue weighted by atomic mass is 9.94. The maximum atomic E-state index is 5.70. The van der Waals surface area contributed by atoms with Crippen molar-refractivity contribution >= 4 is 0 Å². The lowest BCUT2D eigenvalue weighted by molar-refractivity contribution is -0.0302. The maximum Gasteiger partial charge on any atom is 0.0700 e. The SMILES string of the molecule is CCCC(CCN)CCCN1CCOC(CC)C1. The van der Waals surface area contributed by atoms with Gasteiger partial charge in [-0.2, -0.15) is 0 Å². The van der Waals surface area contributed by atoms with Crippen LogP contribution in [0.2, 0.25) is 0 Å². The van der Waals surface area contributed by atoms with E-state index in [0.29, 0.717) is 6.10 Å². The predicted molar refractivity (Wildman–Crippen MR) is 77.8 cm³/mol. The number of hydrogen-bond acceptors (Lipinski definition) is 3. The first kappa shape index (κ1) is 15.9. The Morgan fingerprint density at radius 3 is 2.78 bits per heavy atom. The molecule has 2 N–H and O–H groups in total. The molecule has 1 saturated heterocycles. The molecular formula is C15H32N2O. The fourth-order valence-electron chi connectivity index (χ4n) is 2.91. The Labute approximate surface area is 113 Å². The fourth-order valence-corrected chi connectivity index (χ4v) is 2.91. The second-order valence-corrected chi connectivity index (χ2v) is 5.58. The Balaban J connectivity index is 2.15. The van der Waals surface area contributed by atoms with Crippen LogP contribution >= 0.6 is 0 Å². The minimum Gasteiger partial charge on any atom is -0.376 e. The second kappa shape index (κ2) is 9.76. The number of nitrogens with zero attached hydrogens (tertiary/aromatic N) is 1. The first-order valence-corrected chi connectivity index (χ1v) is 7.84. The Morgan fingerprint density at radius 2 is 2.11 bits per heavy atom. The summed E-state index contributed by atoms with van der Waals surface area (Å²) in [5.74, 6) is 0.850. The quantitative estimate of drug-likeness (QED) is 0.689. The Hall–Kier alpha value is -0.120. The zero-order chi connectivity index (χ0) is 13.2. The first-order valence-electron chi connectivity index (χ1n) is 7.84. The first-order chi connectivity index (χ1) is 8.80. The zero-order valence-corrected chi connectivity index (χ0v) is 12.4. The van der Waals surface area contributed by atoms with Crippen molar-refractivity contribution in [3.63, 3.8) is 0 Å². The van der Waals surface area contributed by atoms with Gasteiger partial charge >= 0.3 is 0 Å². The standard InChI is InChI=1S/C15H32N2O/c1-3-6-14(8-9-16)7-5-10-17-11-12-18-15(4-2)13-17/h14-15H,3-13,16H2,1-2H3. The lowest BCUT2D eigenvalue weighted by Crippen LogP contribution is -2.42. The van der Waals surface area contributed by atoms with E-state index in [-0.39, 0.29) is 0 Å². The third-order valence-electron chi connectivity index (χ3n) is 4.04. The van der Waals surface area contributed by atoms with Crippen molar-refractivity contribution in [1.29, 1.82) is 0 Å². The number of morpholine rings is 1. The van der Waals surface area contributed by atoms with Crippen LogP contribution in [-0.2, 0) is 4.74 Å². The van der Waals surface area contributed by atoms with Gasteiger partial charge in [-0.25, -0.2) is 0 Å². The van der Waals surface area contributed by atoms with Gasteiger partial charge in [0, 0.05) is 13.1 Å². The van der Waals surface area contributed by atoms with Gasteiger partial charge in [0.25, 0.3) is 0 Å². The molecule has 1 rings (SSSR count). The van der Waals surface area contributed by atoms with Gasteiger partial charge in [0.15, 0.2) is 0 Å². The van der Waals surface area contributed by atoms with E-state index in [1.807, 2.05) is 0 Å². The molecule has 0 aliphatic carbocycles. The maximum absolute atomic E-state index is 5.70. The summed E-state index contributed by atoms with van der Waals surface area (Å²) in [6.07, 6.45) is 8.11. The van der Waals surface area contributed by atoms with E-state index in [1.54, 1.807) is 0 Å². The van der Waals surface area contributed by atoms with Crippen LogP contribution in [0.15, 0.2) is 0 Å². The van der Waals surface area contributed by atoms with Gasteiger partial charge in [0.05, 0.1) is 12.7 Å². The van der Waals surface area contributed by atoms with Crippen molar-refractivity contribution < 1.29 is 4.74 Å². The van der Waals surface area contributed by atoms with E-state index >= 15 is 0 Å². The molecule has 0 amide bonds. The molecule has 0 aromatic carbocycles. The monoisotopic (exact) mass is 256 g/mol. The predicted octanol–water partition coefficient (Wildman–Crippen LogP) is 2.64. The summed E-state index contributed by atoms with van der Waals surface area (Å²) in [6, 6.07) is 0. The number of ether oxygens (including phenoxy) is 1. The van der Waals surface area contributed by atoms with E-state index in [4.69, 9.17) is 10.5 Å². The third kappa shape index (κ3) is 6.17. The van der Waals surface area contributed by atoms with Crippen molar-refractivity contribution in [2.45, 2.75) is 58.5 Å². The Bertz CT molecular complexity index is 193. The highest BCUT2D eigenvalue weighted by molar-refractivity contribution is 4.71. The summed E-state index contributed by atoms with van der Waals surface area (Å²) in [5.41, 5.74) is 5.68. The van der Waals surface area contributed by atoms with Crippen LogP contribution in [0.1, 0.15) is 52.4 Å². The molecular weight excluding hydrogens is 224 g/mol. The summed E-state index contributed by atoms with van der Waals surface area (Å²) in [6.45, 7) is 9.74. The molecule has 1 fully saturated rings. The van der Waals surface area contributed by atoms with E-state index in [1.165, 1.54) is 38.6 Å². The molecule has 18 heavy (non-hydrogen) atoms. The van der Waals surface area contributed by atoms with Crippen LogP contribution in [0, 0.1) is 5.92 Å². The third-order valence-corrected chi connectivity index (χ3v) is 4.04. The molecule has 0 aromatic heterocycles. The molecule has 2 unspecified atom stereocenters. The average molecular weight is 256 g/mol. The van der Waals surface area contributed by atoms with Crippen LogP contribution in [0.5, 0.6) is 0 Å². The summed E-state index contributed by atoms with van der Waals surface area (Å²) < 4.78 is 5.70. The second-order valence-electron chi connectivity index (χ2n) is 5.58. The highest BCUT2D eigenvalue weighted by Gasteiger charge is 2.18. The molecule has 0 bridgehead atoms. The summed E-state index contributed by atoms with van der Waals surface area (Å²) in [5, 5.41) is 0. The van der Waals surface area contributed by atoms with Crippen molar-refractivity contribution in [2.24, 2.45) is 11.7 Å². The highest BCUT2D eigenvalue weighted by atomic mass is 16.5. The minimum atomic E-state index is 0.467. The Kier molecular flexibility index (Phi) is 8.64. The van der Waals surface area contributed by atoms with E-state index in [9.17, 15) is 0 Å². The average Bonchev–Trinajstić information content (AvgIpc) is 2.39. The topological polar surface area (TPSA) is 38.5 Å². The molecule has 0 saturated carbocycles. The number of hydrogen-bond donors (Lipinski definition) is 1. The number of nitrogens with two attached hydrogens (primary N) is 1. The zero-order valence-electron chi connectivity index (χ0n) is 12.4. The molecule has 0 aromatic rings. The van der Waals surface area contributed by atoms with Crippen molar-refractivity contribution in [2.75, 3.05) is 32.8 Å². The molecule has 0 radical (unpaired) electrons. The van der Waals surface area contributed by atoms with Gasteiger partial charge in [-0.15, -0.1) is 0 Å². The van der Waals surface area contributed by atoms with Gasteiger partial charge in [0.2, 0.25) is 0 Å². The van der Waals surface area contributed by atoms with Gasteiger partial charge in [-0.1, -0.05) is 26.7 Å². The largest absolute Gasteiger partial charge is 0.376 e. The van der Waals surface area contributed by atoms with Crippen LogP contribution in [-0.4, -0.2) is 43.8 Å². The van der Waals surface area contributed by atoms with E-state index < -0.39 is 0 Å². The van der Waals surface area contributed by atoms with Crippen molar-refractivity contribution in [3.8, 4) is 0 Å². The minimum absolute atomic E-state index is 0.467. The van der Waals surface area contributed by atoms with Gasteiger partial charge < -0.3 is 10.5 Å². The van der Waals surface area contributed by atoms with Crippen LogP contribution < -0.4 is 5.73 Å². The van der Waals surface area contributed by atoms with Crippen LogP contribution in [0.25, 0.3) is 0 Å². The lowest BCUT2D eigenvalue weighted by Gasteiger charge is -2.32. The molecule has 1 aliphatic rings. The van der Waals surface area contributed by atoms with Gasteiger partial charge in [-0.3, -0.25) is 4.90 Å². The molecule has 3 heteroatoms. The molecule has 3 nitrogen and oxygen atoms in total. The Morgan fingerprint density at radius 1 is 1.28 bits per heavy atom.